The Morgan fingerprint density at radius 1 is 1.00 bits per heavy atom. The van der Waals surface area contributed by atoms with E-state index in [9.17, 15) is 32.2 Å². The molecule has 3 saturated heterocycles. The van der Waals surface area contributed by atoms with Gasteiger partial charge in [-0.15, -0.1) is 5.10 Å². The van der Waals surface area contributed by atoms with Crippen molar-refractivity contribution < 1.29 is 64.4 Å². The van der Waals surface area contributed by atoms with Crippen molar-refractivity contribution in [1.29, 1.82) is 0 Å². The normalized spacial score (nSPS) is 23.6. The number of esters is 2. The maximum atomic E-state index is 14.4. The standard InChI is InChI=1S/C41H57N9O15P2S/c1-24(2)34(51)44-39-43-33-30(35(52)45-39)42-21-49(33)36-32(58-9)31(65-66-50-17-13-16-26(50)28(64-66)20-68(56,57)25-14-11-10-12-15-25)27(63-36)18-48-19-29(46-47-48)67(55,61-22-59-37(53)40(3,4)5)62-23-60-38(54)41(6,7)8/h10-12,14-15,19,21,24,26-28,31-32,36H,13,16-18,20,22-23H2,1-9H3,(H2,43,44,45,51,52)/t26-,27+,28+,31?,32?,36+,66-/m0/s1. The summed E-state index contributed by atoms with van der Waals surface area (Å²) < 4.78 is 94.0. The molecule has 3 aromatic heterocycles. The van der Waals surface area contributed by atoms with Gasteiger partial charge < -0.3 is 28.0 Å². The molecule has 0 saturated carbocycles. The Kier molecular flexibility index (Phi) is 15.4. The molecule has 6 heterocycles. The second-order valence-corrected chi connectivity index (χ2v) is 24.1. The number of methoxy groups -OCH3 is 1. The number of nitrogens with zero attached hydrogens (tertiary/aromatic N) is 7. The molecule has 7 atom stereocenters. The zero-order valence-corrected chi connectivity index (χ0v) is 41.7. The highest BCUT2D eigenvalue weighted by molar-refractivity contribution is 7.91. The van der Waals surface area contributed by atoms with Crippen molar-refractivity contribution in [3.05, 3.63) is 53.2 Å². The lowest BCUT2D eigenvalue weighted by Gasteiger charge is -2.28. The number of nitrogens with one attached hydrogen (secondary N) is 2. The molecule has 1 amide bonds. The van der Waals surface area contributed by atoms with Gasteiger partial charge in [-0.1, -0.05) is 37.3 Å². The van der Waals surface area contributed by atoms with Gasteiger partial charge >= 0.3 is 19.5 Å². The van der Waals surface area contributed by atoms with E-state index >= 15 is 0 Å². The van der Waals surface area contributed by atoms with E-state index in [1.54, 1.807) is 85.7 Å². The fourth-order valence-electron chi connectivity index (χ4n) is 7.35. The summed E-state index contributed by atoms with van der Waals surface area (Å²) in [6.45, 7) is 11.9. The second kappa shape index (κ2) is 20.4. The third-order valence-electron chi connectivity index (χ3n) is 11.1. The van der Waals surface area contributed by atoms with Crippen LogP contribution in [0.3, 0.4) is 0 Å². The van der Waals surface area contributed by atoms with Gasteiger partial charge in [0.05, 0.1) is 46.7 Å². The van der Waals surface area contributed by atoms with E-state index < -0.39 is 110 Å². The molecule has 1 aromatic carbocycles. The largest absolute Gasteiger partial charge is 0.438 e. The highest BCUT2D eigenvalue weighted by atomic mass is 32.2. The maximum absolute atomic E-state index is 14.4. The molecule has 0 spiro atoms. The number of hydrogen-bond donors (Lipinski definition) is 2. The van der Waals surface area contributed by atoms with Gasteiger partial charge in [-0.3, -0.25) is 47.7 Å². The zero-order chi connectivity index (χ0) is 49.3. The monoisotopic (exact) mass is 1010 g/mol. The average molecular weight is 1010 g/mol. The maximum Gasteiger partial charge on any atom is 0.388 e. The predicted octanol–water partition coefficient (Wildman–Crippen LogP) is 3.81. The molecular weight excluding hydrogens is 953 g/mol. The first-order valence-electron chi connectivity index (χ1n) is 21.8. The molecule has 4 aromatic rings. The summed E-state index contributed by atoms with van der Waals surface area (Å²) in [5, 5.41) is 10.9. The Bertz CT molecular complexity index is 2650. The summed E-state index contributed by atoms with van der Waals surface area (Å²) in [6, 6.07) is 7.88. The van der Waals surface area contributed by atoms with Crippen LogP contribution >= 0.6 is 16.1 Å². The molecule has 372 valence electrons. The molecule has 3 aliphatic heterocycles. The Morgan fingerprint density at radius 2 is 1.66 bits per heavy atom. The number of amides is 1. The van der Waals surface area contributed by atoms with Gasteiger partial charge in [-0.2, -0.15) is 4.98 Å². The quantitative estimate of drug-likeness (QED) is 0.0814. The number of anilines is 1. The van der Waals surface area contributed by atoms with Crippen molar-refractivity contribution in [2.75, 3.05) is 38.3 Å². The highest BCUT2D eigenvalue weighted by Gasteiger charge is 2.54. The van der Waals surface area contributed by atoms with Crippen LogP contribution < -0.4 is 16.3 Å². The second-order valence-electron chi connectivity index (χ2n) is 18.7. The van der Waals surface area contributed by atoms with Gasteiger partial charge in [0.15, 0.2) is 32.7 Å². The van der Waals surface area contributed by atoms with Crippen LogP contribution in [0, 0.1) is 16.7 Å². The summed E-state index contributed by atoms with van der Waals surface area (Å²) in [6.07, 6.45) is -0.782. The summed E-state index contributed by atoms with van der Waals surface area (Å²) in [4.78, 5) is 62.4. The van der Waals surface area contributed by atoms with Crippen molar-refractivity contribution in [3.63, 3.8) is 0 Å². The summed E-state index contributed by atoms with van der Waals surface area (Å²) >= 11 is 0. The van der Waals surface area contributed by atoms with Gasteiger partial charge in [0, 0.05) is 25.6 Å². The predicted molar refractivity (Wildman–Crippen MR) is 241 cm³/mol. The van der Waals surface area contributed by atoms with E-state index in [0.717, 1.165) is 6.42 Å². The summed E-state index contributed by atoms with van der Waals surface area (Å²) in [5.41, 5.74) is -2.81. The minimum absolute atomic E-state index is 0.0467. The lowest BCUT2D eigenvalue weighted by molar-refractivity contribution is -0.161. The Hall–Kier alpha value is -4.55. The summed E-state index contributed by atoms with van der Waals surface area (Å²) in [7, 11) is -8.79. The first kappa shape index (κ1) is 51.3. The van der Waals surface area contributed by atoms with E-state index in [4.69, 9.17) is 37.0 Å². The van der Waals surface area contributed by atoms with Crippen molar-refractivity contribution in [1.82, 2.24) is 39.2 Å². The third kappa shape index (κ3) is 11.4. The van der Waals surface area contributed by atoms with Crippen LogP contribution in [-0.4, -0.2) is 129 Å². The van der Waals surface area contributed by atoms with E-state index in [-0.39, 0.29) is 45.8 Å². The fourth-order valence-corrected chi connectivity index (χ4v) is 12.1. The number of rotatable bonds is 18. The van der Waals surface area contributed by atoms with Crippen LogP contribution in [0.25, 0.3) is 11.2 Å². The first-order chi connectivity index (χ1) is 32.0. The number of aromatic amines is 1. The zero-order valence-electron chi connectivity index (χ0n) is 39.1. The topological polar surface area (TPSA) is 286 Å². The number of H-pyrrole nitrogens is 1. The highest BCUT2D eigenvalue weighted by Crippen LogP contribution is 2.58. The van der Waals surface area contributed by atoms with Crippen molar-refractivity contribution in [3.8, 4) is 0 Å². The van der Waals surface area contributed by atoms with Crippen LogP contribution in [0.2, 0.25) is 0 Å². The number of benzene rings is 1. The molecule has 24 nitrogen and oxygen atoms in total. The number of carbonyl (C=O) groups is 3. The van der Waals surface area contributed by atoms with Crippen molar-refractivity contribution >= 4 is 66.4 Å². The number of sulfone groups is 1. The minimum Gasteiger partial charge on any atom is -0.438 e. The van der Waals surface area contributed by atoms with Crippen LogP contribution in [0.15, 0.2) is 52.5 Å². The Balaban J connectivity index is 1.20. The minimum atomic E-state index is -4.54. The molecule has 2 unspecified atom stereocenters. The molecule has 3 aliphatic rings. The Morgan fingerprint density at radius 3 is 2.28 bits per heavy atom. The third-order valence-corrected chi connectivity index (χ3v) is 16.3. The number of fused-ring (bicyclic) bond motifs is 2. The van der Waals surface area contributed by atoms with Crippen molar-refractivity contribution in [2.45, 2.75) is 116 Å². The molecule has 2 N–H and O–H groups in total. The molecule has 7 rings (SSSR count). The number of aromatic nitrogens is 7. The van der Waals surface area contributed by atoms with E-state index in [1.165, 1.54) is 28.9 Å². The van der Waals surface area contributed by atoms with E-state index in [2.05, 4.69) is 30.6 Å². The molecule has 0 aliphatic carbocycles. The van der Waals surface area contributed by atoms with Crippen LogP contribution in [-0.2, 0) is 72.4 Å². The number of ether oxygens (including phenoxy) is 4. The fraction of sp³-hybridized carbons (Fsp3) is 0.610. The molecule has 27 heteroatoms. The number of imidazole rings is 1. The van der Waals surface area contributed by atoms with Gasteiger partial charge in [-0.25, -0.2) is 22.8 Å². The molecule has 3 fully saturated rings. The average Bonchev–Trinajstić information content (AvgIpc) is 4.12. The Labute approximate surface area is 393 Å². The van der Waals surface area contributed by atoms with E-state index in [0.29, 0.717) is 13.0 Å². The SMILES string of the molecule is COC1C(O[P@]2O[C@H](CS(=O)(=O)c3ccccc3)[C@@H]3CCCN32)[C@@H](Cn2cc(P(=O)(OCOC(=O)C(C)(C)C)OCOC(=O)C(C)(C)C)nn2)O[C@H]1n1cnc2c(=O)[nH]c(NC(=O)C(C)C)nc21. The molecular formula is C41H57N9O15P2S. The van der Waals surface area contributed by atoms with Gasteiger partial charge in [0.25, 0.3) is 14.1 Å². The summed E-state index contributed by atoms with van der Waals surface area (Å²) in [5.74, 6) is -2.53. The van der Waals surface area contributed by atoms with Crippen molar-refractivity contribution in [2.24, 2.45) is 16.7 Å². The lowest BCUT2D eigenvalue weighted by Crippen LogP contribution is -2.38. The smallest absolute Gasteiger partial charge is 0.388 e. The lowest BCUT2D eigenvalue weighted by atomic mass is 9.98. The van der Waals surface area contributed by atoms with Gasteiger partial charge in [-0.05, 0) is 66.5 Å². The van der Waals surface area contributed by atoms with E-state index in [1.807, 2.05) is 4.67 Å². The van der Waals surface area contributed by atoms with Crippen LogP contribution in [0.4, 0.5) is 5.95 Å². The molecule has 0 radical (unpaired) electrons. The van der Waals surface area contributed by atoms with Crippen LogP contribution in [0.1, 0.15) is 74.5 Å². The van der Waals surface area contributed by atoms with Gasteiger partial charge in [0.2, 0.25) is 25.4 Å². The number of carbonyl (C=O) groups excluding carboxylic acids is 3. The molecule has 0 bridgehead atoms. The van der Waals surface area contributed by atoms with Crippen LogP contribution in [0.5, 0.6) is 0 Å². The first-order valence-corrected chi connectivity index (χ1v) is 26.1. The molecule has 68 heavy (non-hydrogen) atoms. The number of hydrogen-bond acceptors (Lipinski definition) is 20. The van der Waals surface area contributed by atoms with Gasteiger partial charge in [0.1, 0.15) is 18.3 Å².